The predicted octanol–water partition coefficient (Wildman–Crippen LogP) is 2.30. The first-order chi connectivity index (χ1) is 9.57. The van der Waals surface area contributed by atoms with E-state index < -0.39 is 9.84 Å². The van der Waals surface area contributed by atoms with E-state index in [2.05, 4.69) is 23.0 Å². The van der Waals surface area contributed by atoms with Crippen molar-refractivity contribution in [2.75, 3.05) is 7.05 Å². The second-order valence-corrected chi connectivity index (χ2v) is 7.58. The van der Waals surface area contributed by atoms with Gasteiger partial charge in [0.25, 0.3) is 0 Å². The summed E-state index contributed by atoms with van der Waals surface area (Å²) in [4.78, 5) is 7.09. The van der Waals surface area contributed by atoms with Crippen LogP contribution in [0.1, 0.15) is 19.3 Å². The molecule has 0 radical (unpaired) electrons. The molecule has 3 heterocycles. The molecule has 2 unspecified atom stereocenters. The van der Waals surface area contributed by atoms with Crippen molar-refractivity contribution in [2.24, 2.45) is 4.99 Å². The van der Waals surface area contributed by atoms with Crippen LogP contribution < -0.4 is 0 Å². The van der Waals surface area contributed by atoms with E-state index in [0.717, 1.165) is 24.8 Å². The molecule has 1 fully saturated rings. The summed E-state index contributed by atoms with van der Waals surface area (Å²) in [6.07, 6.45) is 5.15. The number of benzene rings is 1. The highest BCUT2D eigenvalue weighted by Gasteiger charge is 2.40. The first kappa shape index (κ1) is 12.3. The first-order valence-electron chi connectivity index (χ1n) is 6.93. The van der Waals surface area contributed by atoms with Gasteiger partial charge in [-0.2, -0.15) is 0 Å². The maximum absolute atomic E-state index is 12.6. The van der Waals surface area contributed by atoms with Gasteiger partial charge in [0.1, 0.15) is 0 Å². The molecule has 1 aromatic rings. The Labute approximate surface area is 118 Å². The maximum Gasteiger partial charge on any atom is 0.226 e. The molecule has 104 valence electrons. The molecule has 0 aromatic heterocycles. The quantitative estimate of drug-likeness (QED) is 0.796. The fraction of sp³-hybridized carbons (Fsp3) is 0.400. The first-order valence-corrected chi connectivity index (χ1v) is 8.41. The molecule has 2 bridgehead atoms. The summed E-state index contributed by atoms with van der Waals surface area (Å²) in [5, 5.41) is 0.281. The molecule has 2 atom stereocenters. The highest BCUT2D eigenvalue weighted by atomic mass is 32.2. The van der Waals surface area contributed by atoms with E-state index in [1.54, 1.807) is 18.2 Å². The lowest BCUT2D eigenvalue weighted by Crippen LogP contribution is -2.36. The largest absolute Gasteiger partial charge is 0.297 e. The van der Waals surface area contributed by atoms with Crippen LogP contribution in [0.25, 0.3) is 0 Å². The van der Waals surface area contributed by atoms with Crippen molar-refractivity contribution >= 4 is 20.6 Å². The third-order valence-corrected chi connectivity index (χ3v) is 6.44. The summed E-state index contributed by atoms with van der Waals surface area (Å²) in [6, 6.07) is 7.82. The van der Waals surface area contributed by atoms with Gasteiger partial charge in [0, 0.05) is 12.1 Å². The Hall–Kier alpha value is -1.46. The number of hydrogen-bond acceptors (Lipinski definition) is 4. The van der Waals surface area contributed by atoms with Crippen LogP contribution in [0.4, 0.5) is 5.69 Å². The summed E-state index contributed by atoms with van der Waals surface area (Å²) >= 11 is 0. The topological polar surface area (TPSA) is 49.7 Å². The molecule has 20 heavy (non-hydrogen) atoms. The summed E-state index contributed by atoms with van der Waals surface area (Å²) in [5.41, 5.74) is 1.49. The van der Waals surface area contributed by atoms with Crippen molar-refractivity contribution in [1.82, 2.24) is 4.90 Å². The van der Waals surface area contributed by atoms with Gasteiger partial charge >= 0.3 is 0 Å². The van der Waals surface area contributed by atoms with Crippen LogP contribution >= 0.6 is 0 Å². The van der Waals surface area contributed by atoms with Crippen molar-refractivity contribution in [3.05, 3.63) is 35.9 Å². The molecule has 0 spiro atoms. The predicted molar refractivity (Wildman–Crippen MR) is 78.0 cm³/mol. The number of para-hydroxylation sites is 1. The van der Waals surface area contributed by atoms with Crippen LogP contribution in [-0.4, -0.2) is 37.5 Å². The minimum Gasteiger partial charge on any atom is -0.297 e. The minimum atomic E-state index is -3.42. The van der Waals surface area contributed by atoms with Crippen LogP contribution in [0.3, 0.4) is 0 Å². The van der Waals surface area contributed by atoms with Gasteiger partial charge in [-0.25, -0.2) is 13.4 Å². The second kappa shape index (κ2) is 4.02. The molecular weight excluding hydrogens is 272 g/mol. The molecule has 0 amide bonds. The lowest BCUT2D eigenvalue weighted by Gasteiger charge is -2.30. The highest BCUT2D eigenvalue weighted by Crippen LogP contribution is 2.40. The number of aliphatic imine (C=N–C) groups is 1. The summed E-state index contributed by atoms with van der Waals surface area (Å²) < 4.78 is 25.2. The van der Waals surface area contributed by atoms with Crippen LogP contribution in [0, 0.1) is 0 Å². The van der Waals surface area contributed by atoms with Gasteiger partial charge in [-0.05, 0) is 44.0 Å². The molecule has 3 aliphatic heterocycles. The van der Waals surface area contributed by atoms with E-state index in [-0.39, 0.29) is 5.04 Å². The fourth-order valence-electron chi connectivity index (χ4n) is 3.50. The molecule has 5 heteroatoms. The Bertz CT molecular complexity index is 749. The molecular formula is C15H16N2O2S. The Morgan fingerprint density at radius 2 is 2.05 bits per heavy atom. The van der Waals surface area contributed by atoms with Gasteiger partial charge in [0.15, 0.2) is 5.04 Å². The third kappa shape index (κ3) is 1.56. The molecule has 0 N–H and O–H groups in total. The third-order valence-electron chi connectivity index (χ3n) is 4.65. The van der Waals surface area contributed by atoms with Crippen LogP contribution in [0.2, 0.25) is 0 Å². The van der Waals surface area contributed by atoms with Gasteiger partial charge in [0.05, 0.1) is 10.6 Å². The number of hydrogen-bond donors (Lipinski definition) is 0. The normalized spacial score (nSPS) is 30.9. The lowest BCUT2D eigenvalue weighted by molar-refractivity contribution is 0.258. The monoisotopic (exact) mass is 288 g/mol. The Morgan fingerprint density at radius 3 is 2.80 bits per heavy atom. The zero-order valence-electron chi connectivity index (χ0n) is 11.3. The van der Waals surface area contributed by atoms with Gasteiger partial charge in [0.2, 0.25) is 9.84 Å². The molecule has 0 saturated carbocycles. The summed E-state index contributed by atoms with van der Waals surface area (Å²) in [5.74, 6) is 0. The summed E-state index contributed by atoms with van der Waals surface area (Å²) in [6.45, 7) is 0. The zero-order valence-corrected chi connectivity index (χ0v) is 12.1. The minimum absolute atomic E-state index is 0.281. The van der Waals surface area contributed by atoms with Crippen molar-refractivity contribution in [3.8, 4) is 0 Å². The molecule has 4 nitrogen and oxygen atoms in total. The molecule has 1 aromatic carbocycles. The van der Waals surface area contributed by atoms with Crippen molar-refractivity contribution in [1.29, 1.82) is 0 Å². The molecule has 0 aliphatic carbocycles. The van der Waals surface area contributed by atoms with Crippen molar-refractivity contribution < 1.29 is 8.42 Å². The molecule has 1 saturated heterocycles. The van der Waals surface area contributed by atoms with Crippen LogP contribution in [-0.2, 0) is 9.84 Å². The van der Waals surface area contributed by atoms with Gasteiger partial charge < -0.3 is 0 Å². The van der Waals surface area contributed by atoms with E-state index in [9.17, 15) is 8.42 Å². The van der Waals surface area contributed by atoms with E-state index >= 15 is 0 Å². The van der Waals surface area contributed by atoms with E-state index in [0.29, 0.717) is 22.7 Å². The van der Waals surface area contributed by atoms with E-state index in [1.165, 1.54) is 0 Å². The summed E-state index contributed by atoms with van der Waals surface area (Å²) in [7, 11) is -1.30. The van der Waals surface area contributed by atoms with Crippen molar-refractivity contribution in [3.63, 3.8) is 0 Å². The molecule has 3 aliphatic rings. The Balaban J connectivity index is 1.81. The maximum atomic E-state index is 12.6. The zero-order chi connectivity index (χ0) is 13.9. The number of fused-ring (bicyclic) bond motifs is 3. The van der Waals surface area contributed by atoms with E-state index in [4.69, 9.17) is 0 Å². The Kier molecular flexibility index (Phi) is 2.47. The van der Waals surface area contributed by atoms with Crippen LogP contribution in [0.15, 0.2) is 45.8 Å². The van der Waals surface area contributed by atoms with Crippen LogP contribution in [0.5, 0.6) is 0 Å². The number of rotatable bonds is 1. The average Bonchev–Trinajstić information content (AvgIpc) is 2.81. The average molecular weight is 288 g/mol. The highest BCUT2D eigenvalue weighted by molar-refractivity contribution is 8.07. The standard InChI is InChI=1S/C15H16N2O2S/c1-17-11-6-7-12(17)9-10(8-11)15-16-13-4-2-3-5-14(13)20(15,18)19/h2-5,8,11-12H,6-7,9H2,1H3. The van der Waals surface area contributed by atoms with Gasteiger partial charge in [-0.15, -0.1) is 0 Å². The Morgan fingerprint density at radius 1 is 1.25 bits per heavy atom. The lowest BCUT2D eigenvalue weighted by atomic mass is 10.0. The number of sulfone groups is 1. The second-order valence-electron chi connectivity index (χ2n) is 5.75. The van der Waals surface area contributed by atoms with Gasteiger partial charge in [-0.1, -0.05) is 18.2 Å². The van der Waals surface area contributed by atoms with Crippen molar-refractivity contribution in [2.45, 2.75) is 36.2 Å². The number of nitrogens with zero attached hydrogens (tertiary/aromatic N) is 2. The fourth-order valence-corrected chi connectivity index (χ4v) is 5.07. The molecule has 4 rings (SSSR count). The smallest absolute Gasteiger partial charge is 0.226 e. The number of likely N-dealkylation sites (N-methyl/N-ethyl adjacent to an activating group) is 1. The van der Waals surface area contributed by atoms with Gasteiger partial charge in [-0.3, -0.25) is 4.90 Å². The van der Waals surface area contributed by atoms with E-state index in [1.807, 2.05) is 6.07 Å². The SMILES string of the molecule is CN1C2C=C(C3=Nc4ccccc4S3(=O)=O)CC1CC2.